The Morgan fingerprint density at radius 2 is 1.73 bits per heavy atom. The number of hydrogen-bond acceptors (Lipinski definition) is 6. The SMILES string of the molecule is CCN(CC)C(=O)c1cccc(-c2ccc3nc(-c4cccnc4N)n(-c4ccc(C5(N)CCC5)cc4)c3n2)c1.Cl. The van der Waals surface area contributed by atoms with E-state index in [9.17, 15) is 4.79 Å². The van der Waals surface area contributed by atoms with E-state index in [4.69, 9.17) is 21.4 Å². The van der Waals surface area contributed by atoms with E-state index in [1.807, 2.05) is 71.8 Å². The Labute approximate surface area is 245 Å². The number of amides is 1. The van der Waals surface area contributed by atoms with Crippen molar-refractivity contribution in [1.82, 2.24) is 24.4 Å². The lowest BCUT2D eigenvalue weighted by Gasteiger charge is -2.38. The number of anilines is 1. The zero-order valence-corrected chi connectivity index (χ0v) is 24.1. The van der Waals surface area contributed by atoms with Crippen LogP contribution in [0.1, 0.15) is 49.0 Å². The first-order chi connectivity index (χ1) is 19.4. The van der Waals surface area contributed by atoms with Gasteiger partial charge in [0.05, 0.1) is 11.3 Å². The normalized spacial score (nSPS) is 13.8. The molecule has 210 valence electrons. The summed E-state index contributed by atoms with van der Waals surface area (Å²) in [5.74, 6) is 1.07. The summed E-state index contributed by atoms with van der Waals surface area (Å²) >= 11 is 0. The molecule has 3 heterocycles. The molecule has 41 heavy (non-hydrogen) atoms. The zero-order valence-electron chi connectivity index (χ0n) is 23.2. The van der Waals surface area contributed by atoms with Crippen LogP contribution in [0.3, 0.4) is 0 Å². The van der Waals surface area contributed by atoms with Crippen molar-refractivity contribution in [3.8, 4) is 28.3 Å². The lowest BCUT2D eigenvalue weighted by molar-refractivity contribution is 0.0773. The number of hydrogen-bond donors (Lipinski definition) is 2. The van der Waals surface area contributed by atoms with Crippen LogP contribution >= 0.6 is 12.4 Å². The van der Waals surface area contributed by atoms with Crippen LogP contribution in [0, 0.1) is 0 Å². The number of carbonyl (C=O) groups is 1. The van der Waals surface area contributed by atoms with E-state index in [0.29, 0.717) is 35.9 Å². The summed E-state index contributed by atoms with van der Waals surface area (Å²) in [6.45, 7) is 5.29. The van der Waals surface area contributed by atoms with E-state index >= 15 is 0 Å². The van der Waals surface area contributed by atoms with Crippen molar-refractivity contribution in [2.24, 2.45) is 5.73 Å². The standard InChI is InChI=1S/C32H33N7O.ClH/c1-3-38(4-2)31(40)22-9-5-8-21(20-22)26-15-16-27-30(36-26)39(29(37-27)25-10-6-19-35-28(25)33)24-13-11-23(12-14-24)32(34)17-7-18-32;/h5-6,8-16,19-20H,3-4,7,17-18,34H2,1-2H3,(H2,33,35);1H. The first-order valence-corrected chi connectivity index (χ1v) is 13.8. The lowest BCUT2D eigenvalue weighted by atomic mass is 9.73. The van der Waals surface area contributed by atoms with Gasteiger partial charge in [-0.1, -0.05) is 24.3 Å². The average molecular weight is 568 g/mol. The second-order valence-corrected chi connectivity index (χ2v) is 10.4. The average Bonchev–Trinajstić information content (AvgIpc) is 3.35. The van der Waals surface area contributed by atoms with E-state index in [1.54, 1.807) is 6.20 Å². The molecule has 3 aromatic heterocycles. The summed E-state index contributed by atoms with van der Waals surface area (Å²) < 4.78 is 2.02. The highest BCUT2D eigenvalue weighted by atomic mass is 35.5. The predicted molar refractivity (Wildman–Crippen MR) is 166 cm³/mol. The molecule has 1 aliphatic rings. The van der Waals surface area contributed by atoms with Gasteiger partial charge in [-0.25, -0.2) is 15.0 Å². The largest absolute Gasteiger partial charge is 0.383 e. The Balaban J connectivity index is 0.00000337. The minimum atomic E-state index is -0.245. The van der Waals surface area contributed by atoms with Gasteiger partial charge in [0.15, 0.2) is 11.5 Å². The molecule has 2 aromatic carbocycles. The third kappa shape index (κ3) is 5.05. The number of nitrogens with two attached hydrogens (primary N) is 2. The van der Waals surface area contributed by atoms with E-state index in [-0.39, 0.29) is 23.9 Å². The van der Waals surface area contributed by atoms with Gasteiger partial charge in [-0.3, -0.25) is 9.36 Å². The molecule has 1 saturated carbocycles. The quantitative estimate of drug-likeness (QED) is 0.250. The van der Waals surface area contributed by atoms with Gasteiger partial charge >= 0.3 is 0 Å². The third-order valence-electron chi connectivity index (χ3n) is 7.99. The van der Waals surface area contributed by atoms with Crippen molar-refractivity contribution in [1.29, 1.82) is 0 Å². The second-order valence-electron chi connectivity index (χ2n) is 10.4. The molecule has 1 fully saturated rings. The van der Waals surface area contributed by atoms with Crippen LogP contribution in [-0.2, 0) is 5.54 Å². The number of fused-ring (bicyclic) bond motifs is 1. The van der Waals surface area contributed by atoms with Crippen molar-refractivity contribution in [3.05, 3.63) is 90.1 Å². The highest BCUT2D eigenvalue weighted by Gasteiger charge is 2.34. The maximum atomic E-state index is 13.0. The molecule has 0 spiro atoms. The molecule has 4 N–H and O–H groups in total. The number of aromatic nitrogens is 4. The highest BCUT2D eigenvalue weighted by molar-refractivity contribution is 5.95. The number of nitrogen functional groups attached to an aromatic ring is 1. The Hall–Kier alpha value is -4.27. The van der Waals surface area contributed by atoms with Crippen molar-refractivity contribution < 1.29 is 4.79 Å². The van der Waals surface area contributed by atoms with Gasteiger partial charge in [0.25, 0.3) is 5.91 Å². The van der Waals surface area contributed by atoms with Crippen LogP contribution in [0.2, 0.25) is 0 Å². The van der Waals surface area contributed by atoms with Crippen LogP contribution in [0.5, 0.6) is 0 Å². The minimum absolute atomic E-state index is 0. The molecule has 1 amide bonds. The maximum absolute atomic E-state index is 13.0. The summed E-state index contributed by atoms with van der Waals surface area (Å²) in [5.41, 5.74) is 19.1. The van der Waals surface area contributed by atoms with E-state index in [1.165, 1.54) is 0 Å². The van der Waals surface area contributed by atoms with Crippen LogP contribution in [-0.4, -0.2) is 43.4 Å². The third-order valence-corrected chi connectivity index (χ3v) is 7.99. The van der Waals surface area contributed by atoms with Gasteiger partial charge in [-0.15, -0.1) is 12.4 Å². The number of nitrogens with zero attached hydrogens (tertiary/aromatic N) is 5. The molecule has 9 heteroatoms. The molecular weight excluding hydrogens is 534 g/mol. The number of carbonyl (C=O) groups excluding carboxylic acids is 1. The van der Waals surface area contributed by atoms with Gasteiger partial charge < -0.3 is 16.4 Å². The molecule has 8 nitrogen and oxygen atoms in total. The lowest BCUT2D eigenvalue weighted by Crippen LogP contribution is -2.43. The number of benzene rings is 2. The van der Waals surface area contributed by atoms with Gasteiger partial charge in [-0.05, 0) is 87.2 Å². The fraction of sp³-hybridized carbons (Fsp3) is 0.250. The van der Waals surface area contributed by atoms with Gasteiger partial charge in [0.2, 0.25) is 0 Å². The summed E-state index contributed by atoms with van der Waals surface area (Å²) in [4.78, 5) is 29.1. The second kappa shape index (κ2) is 11.3. The van der Waals surface area contributed by atoms with Gasteiger partial charge in [-0.2, -0.15) is 0 Å². The van der Waals surface area contributed by atoms with E-state index in [2.05, 4.69) is 29.2 Å². The maximum Gasteiger partial charge on any atom is 0.253 e. The van der Waals surface area contributed by atoms with Crippen molar-refractivity contribution in [2.45, 2.75) is 38.6 Å². The van der Waals surface area contributed by atoms with E-state index in [0.717, 1.165) is 52.9 Å². The zero-order chi connectivity index (χ0) is 27.9. The molecule has 6 rings (SSSR count). The van der Waals surface area contributed by atoms with Crippen molar-refractivity contribution in [3.63, 3.8) is 0 Å². The molecule has 5 aromatic rings. The minimum Gasteiger partial charge on any atom is -0.383 e. The summed E-state index contributed by atoms with van der Waals surface area (Å²) in [6.07, 6.45) is 4.82. The monoisotopic (exact) mass is 567 g/mol. The molecule has 0 aliphatic heterocycles. The molecule has 0 atom stereocenters. The fourth-order valence-electron chi connectivity index (χ4n) is 5.44. The van der Waals surface area contributed by atoms with E-state index < -0.39 is 0 Å². The molecule has 0 bridgehead atoms. The first kappa shape index (κ1) is 28.3. The Kier molecular flexibility index (Phi) is 7.80. The summed E-state index contributed by atoms with van der Waals surface area (Å²) in [5, 5.41) is 0. The molecular formula is C32H34ClN7O. The van der Waals surface area contributed by atoms with Crippen molar-refractivity contribution in [2.75, 3.05) is 18.8 Å². The topological polar surface area (TPSA) is 116 Å². The van der Waals surface area contributed by atoms with Gasteiger partial charge in [0.1, 0.15) is 11.3 Å². The van der Waals surface area contributed by atoms with Crippen LogP contribution in [0.15, 0.2) is 79.0 Å². The Morgan fingerprint density at radius 3 is 2.39 bits per heavy atom. The highest BCUT2D eigenvalue weighted by Crippen LogP contribution is 2.39. The number of halogens is 1. The van der Waals surface area contributed by atoms with Gasteiger partial charge in [0, 0.05) is 41.6 Å². The number of rotatable bonds is 7. The molecule has 0 radical (unpaired) electrons. The number of pyridine rings is 2. The number of imidazole rings is 1. The summed E-state index contributed by atoms with van der Waals surface area (Å²) in [6, 6.07) is 23.6. The molecule has 0 saturated heterocycles. The summed E-state index contributed by atoms with van der Waals surface area (Å²) in [7, 11) is 0. The predicted octanol–water partition coefficient (Wildman–Crippen LogP) is 5.97. The Morgan fingerprint density at radius 1 is 0.976 bits per heavy atom. The smallest absolute Gasteiger partial charge is 0.253 e. The fourth-order valence-corrected chi connectivity index (χ4v) is 5.44. The molecule has 1 aliphatic carbocycles. The molecule has 0 unspecified atom stereocenters. The van der Waals surface area contributed by atoms with Crippen molar-refractivity contribution >= 4 is 35.3 Å². The Bertz CT molecular complexity index is 1710. The first-order valence-electron chi connectivity index (χ1n) is 13.8. The van der Waals surface area contributed by atoms with Crippen LogP contribution in [0.25, 0.3) is 39.5 Å². The van der Waals surface area contributed by atoms with Crippen LogP contribution in [0.4, 0.5) is 5.82 Å². The van der Waals surface area contributed by atoms with Crippen LogP contribution < -0.4 is 11.5 Å².